The van der Waals surface area contributed by atoms with Crippen LogP contribution in [-0.4, -0.2) is 39.8 Å². The van der Waals surface area contributed by atoms with Crippen LogP contribution in [0, 0.1) is 19.3 Å². The molecule has 2 saturated heterocycles. The summed E-state index contributed by atoms with van der Waals surface area (Å²) >= 11 is 1.44. The SMILES string of the molecule is Cc1nc(C)c(C(=O)N2CCC3(CC2)C(=O)N(c2ccccc2)C3c2ccccn2)s1. The highest BCUT2D eigenvalue weighted by molar-refractivity contribution is 7.13. The zero-order valence-electron chi connectivity index (χ0n) is 17.6. The Morgan fingerprint density at radius 3 is 2.39 bits per heavy atom. The number of pyridine rings is 1. The van der Waals surface area contributed by atoms with Gasteiger partial charge in [-0.1, -0.05) is 24.3 Å². The van der Waals surface area contributed by atoms with Crippen LogP contribution in [0.25, 0.3) is 0 Å². The molecule has 0 saturated carbocycles. The normalized spacial score (nSPS) is 20.1. The topological polar surface area (TPSA) is 66.4 Å². The van der Waals surface area contributed by atoms with Gasteiger partial charge in [-0.3, -0.25) is 14.6 Å². The zero-order chi connectivity index (χ0) is 21.6. The number of likely N-dealkylation sites (tertiary alicyclic amines) is 1. The highest BCUT2D eigenvalue weighted by Gasteiger charge is 2.62. The lowest BCUT2D eigenvalue weighted by molar-refractivity contribution is -0.144. The molecule has 1 aromatic carbocycles. The number of amides is 2. The van der Waals surface area contributed by atoms with Crippen molar-refractivity contribution in [2.24, 2.45) is 5.41 Å². The van der Waals surface area contributed by atoms with Crippen LogP contribution in [0.4, 0.5) is 5.69 Å². The van der Waals surface area contributed by atoms with Crippen LogP contribution in [0.15, 0.2) is 54.7 Å². The van der Waals surface area contributed by atoms with E-state index >= 15 is 0 Å². The van der Waals surface area contributed by atoms with E-state index in [0.29, 0.717) is 30.8 Å². The van der Waals surface area contributed by atoms with Crippen LogP contribution in [0.2, 0.25) is 0 Å². The van der Waals surface area contributed by atoms with Gasteiger partial charge in [-0.25, -0.2) is 4.98 Å². The number of piperidine rings is 1. The fraction of sp³-hybridized carbons (Fsp3) is 0.333. The van der Waals surface area contributed by atoms with E-state index in [9.17, 15) is 9.59 Å². The third kappa shape index (κ3) is 3.15. The number of thiazole rings is 1. The molecule has 2 fully saturated rings. The van der Waals surface area contributed by atoms with Gasteiger partial charge in [0.2, 0.25) is 5.91 Å². The van der Waals surface area contributed by atoms with E-state index in [1.165, 1.54) is 11.3 Å². The number of rotatable bonds is 3. The summed E-state index contributed by atoms with van der Waals surface area (Å²) in [6.45, 7) is 4.93. The molecule has 158 valence electrons. The lowest BCUT2D eigenvalue weighted by Crippen LogP contribution is -2.67. The van der Waals surface area contributed by atoms with Gasteiger partial charge in [0.15, 0.2) is 0 Å². The molecule has 0 N–H and O–H groups in total. The zero-order valence-corrected chi connectivity index (χ0v) is 18.4. The summed E-state index contributed by atoms with van der Waals surface area (Å²) < 4.78 is 0. The Hall–Kier alpha value is -3.06. The molecule has 0 bridgehead atoms. The average Bonchev–Trinajstić information content (AvgIpc) is 3.15. The number of anilines is 1. The van der Waals surface area contributed by atoms with Gasteiger partial charge in [0, 0.05) is 25.0 Å². The van der Waals surface area contributed by atoms with Gasteiger partial charge in [-0.2, -0.15) is 0 Å². The average molecular weight is 433 g/mol. The van der Waals surface area contributed by atoms with E-state index in [1.807, 2.05) is 72.2 Å². The Balaban J connectivity index is 1.42. The molecule has 2 aromatic heterocycles. The first-order valence-corrected chi connectivity index (χ1v) is 11.4. The number of β-lactam (4-membered cyclic amide) rings is 1. The minimum atomic E-state index is -0.514. The van der Waals surface area contributed by atoms with Gasteiger partial charge in [0.25, 0.3) is 5.91 Å². The Bertz CT molecular complexity index is 1120. The van der Waals surface area contributed by atoms with Crippen LogP contribution in [0.1, 0.15) is 45.0 Å². The molecule has 2 amide bonds. The van der Waals surface area contributed by atoms with Crippen molar-refractivity contribution < 1.29 is 9.59 Å². The lowest BCUT2D eigenvalue weighted by atomic mass is 9.63. The molecule has 31 heavy (non-hydrogen) atoms. The summed E-state index contributed by atoms with van der Waals surface area (Å²) in [5.74, 6) is 0.158. The fourth-order valence-electron chi connectivity index (χ4n) is 4.93. The number of carbonyl (C=O) groups is 2. The maximum Gasteiger partial charge on any atom is 0.265 e. The Morgan fingerprint density at radius 2 is 1.77 bits per heavy atom. The van der Waals surface area contributed by atoms with Gasteiger partial charge >= 0.3 is 0 Å². The lowest BCUT2D eigenvalue weighted by Gasteiger charge is -2.58. The van der Waals surface area contributed by atoms with Crippen LogP contribution >= 0.6 is 11.3 Å². The van der Waals surface area contributed by atoms with E-state index in [4.69, 9.17) is 0 Å². The highest BCUT2D eigenvalue weighted by atomic mass is 32.1. The predicted octanol–water partition coefficient (Wildman–Crippen LogP) is 4.17. The van der Waals surface area contributed by atoms with Crippen molar-refractivity contribution in [3.63, 3.8) is 0 Å². The van der Waals surface area contributed by atoms with E-state index in [2.05, 4.69) is 9.97 Å². The molecule has 5 rings (SSSR count). The summed E-state index contributed by atoms with van der Waals surface area (Å²) in [7, 11) is 0. The quantitative estimate of drug-likeness (QED) is 0.583. The first-order chi connectivity index (χ1) is 15.0. The molecule has 2 aliphatic heterocycles. The van der Waals surface area contributed by atoms with Crippen LogP contribution in [-0.2, 0) is 4.79 Å². The van der Waals surface area contributed by atoms with Crippen molar-refractivity contribution in [3.8, 4) is 0 Å². The maximum atomic E-state index is 13.5. The number of benzene rings is 1. The van der Waals surface area contributed by atoms with Crippen LogP contribution in [0.5, 0.6) is 0 Å². The second kappa shape index (κ2) is 7.57. The molecule has 0 aliphatic carbocycles. The summed E-state index contributed by atoms with van der Waals surface area (Å²) in [5, 5.41) is 0.900. The van der Waals surface area contributed by atoms with Crippen LogP contribution < -0.4 is 4.90 Å². The molecular formula is C24H24N4O2S. The minimum absolute atomic E-state index is 0.0269. The predicted molar refractivity (Wildman–Crippen MR) is 120 cm³/mol. The summed E-state index contributed by atoms with van der Waals surface area (Å²) in [6, 6.07) is 15.5. The fourth-order valence-corrected chi connectivity index (χ4v) is 5.82. The molecule has 1 atom stereocenters. The Kier molecular flexibility index (Phi) is 4.85. The second-order valence-corrected chi connectivity index (χ2v) is 9.47. The van der Waals surface area contributed by atoms with E-state index < -0.39 is 5.41 Å². The molecule has 1 spiro atoms. The molecule has 3 aromatic rings. The minimum Gasteiger partial charge on any atom is -0.338 e. The van der Waals surface area contributed by atoms with Gasteiger partial charge < -0.3 is 9.80 Å². The summed E-state index contributed by atoms with van der Waals surface area (Å²) in [4.78, 5) is 40.0. The molecule has 7 heteroatoms. The largest absolute Gasteiger partial charge is 0.338 e. The van der Waals surface area contributed by atoms with Crippen molar-refractivity contribution in [1.82, 2.24) is 14.9 Å². The van der Waals surface area contributed by atoms with Gasteiger partial charge in [-0.15, -0.1) is 11.3 Å². The number of hydrogen-bond acceptors (Lipinski definition) is 5. The number of nitrogens with zero attached hydrogens (tertiary/aromatic N) is 4. The standard InChI is InChI=1S/C24H24N4O2S/c1-16-20(31-17(2)26-16)22(29)27-14-11-24(12-15-27)21(19-10-6-7-13-25-19)28(23(24)30)18-8-4-3-5-9-18/h3-10,13,21H,11-12,14-15H2,1-2H3. The van der Waals surface area contributed by atoms with Crippen molar-refractivity contribution in [1.29, 1.82) is 0 Å². The van der Waals surface area contributed by atoms with Crippen molar-refractivity contribution in [2.45, 2.75) is 32.7 Å². The van der Waals surface area contributed by atoms with E-state index in [-0.39, 0.29) is 17.9 Å². The number of aryl methyl sites for hydroxylation is 2. The first kappa shape index (κ1) is 19.9. The third-order valence-corrected chi connectivity index (χ3v) is 7.53. The molecule has 4 heterocycles. The highest BCUT2D eigenvalue weighted by Crippen LogP contribution is 2.57. The van der Waals surface area contributed by atoms with Crippen molar-refractivity contribution in [3.05, 3.63) is 76.0 Å². The van der Waals surface area contributed by atoms with E-state index in [1.54, 1.807) is 6.20 Å². The Morgan fingerprint density at radius 1 is 1.06 bits per heavy atom. The molecule has 2 aliphatic rings. The van der Waals surface area contributed by atoms with Gasteiger partial charge in [-0.05, 0) is 51.0 Å². The maximum absolute atomic E-state index is 13.5. The van der Waals surface area contributed by atoms with Crippen LogP contribution in [0.3, 0.4) is 0 Å². The van der Waals surface area contributed by atoms with Crippen molar-refractivity contribution in [2.75, 3.05) is 18.0 Å². The number of hydrogen-bond donors (Lipinski definition) is 0. The van der Waals surface area contributed by atoms with Gasteiger partial charge in [0.1, 0.15) is 4.88 Å². The first-order valence-electron chi connectivity index (χ1n) is 10.5. The molecule has 1 unspecified atom stereocenters. The number of carbonyl (C=O) groups excluding carboxylic acids is 2. The molecule has 0 radical (unpaired) electrons. The summed E-state index contributed by atoms with van der Waals surface area (Å²) in [6.07, 6.45) is 3.06. The monoisotopic (exact) mass is 432 g/mol. The summed E-state index contributed by atoms with van der Waals surface area (Å²) in [5.41, 5.74) is 2.07. The smallest absolute Gasteiger partial charge is 0.265 e. The molecular weight excluding hydrogens is 408 g/mol. The van der Waals surface area contributed by atoms with E-state index in [0.717, 1.165) is 22.1 Å². The Labute approximate surface area is 185 Å². The molecule has 6 nitrogen and oxygen atoms in total. The van der Waals surface area contributed by atoms with Gasteiger partial charge in [0.05, 0.1) is 27.9 Å². The van der Waals surface area contributed by atoms with Crippen molar-refractivity contribution >= 4 is 28.8 Å². The second-order valence-electron chi connectivity index (χ2n) is 8.26. The third-order valence-electron chi connectivity index (χ3n) is 6.47. The number of aromatic nitrogens is 2. The number of para-hydroxylation sites is 1.